The molecule has 24 heavy (non-hydrogen) atoms. The Morgan fingerprint density at radius 2 is 0.750 bits per heavy atom. The summed E-state index contributed by atoms with van der Waals surface area (Å²) in [5.41, 5.74) is 0.309. The van der Waals surface area contributed by atoms with Crippen LogP contribution in [0.5, 0.6) is 0 Å². The first-order valence-electron chi connectivity index (χ1n) is 9.94. The summed E-state index contributed by atoms with van der Waals surface area (Å²) in [5.74, 6) is 0. The van der Waals surface area contributed by atoms with Gasteiger partial charge in [0.1, 0.15) is 0 Å². The SMILES string of the molecule is CC(C)(C)[Si](C)(C)OC12CCC(O[Si](C)(C)C(C)(C)C)(CC1)CC2. The molecule has 3 aliphatic carbocycles. The van der Waals surface area contributed by atoms with Crippen LogP contribution in [-0.2, 0) is 8.85 Å². The Morgan fingerprint density at radius 1 is 0.542 bits per heavy atom. The third-order valence-electron chi connectivity index (χ3n) is 7.66. The molecule has 3 saturated carbocycles. The molecule has 3 rings (SSSR count). The summed E-state index contributed by atoms with van der Waals surface area (Å²) in [6.07, 6.45) is 7.22. The van der Waals surface area contributed by atoms with Gasteiger partial charge in [-0.2, -0.15) is 0 Å². The molecule has 0 aromatic rings. The zero-order chi connectivity index (χ0) is 18.7. The first kappa shape index (κ1) is 20.7. The molecule has 3 aliphatic rings. The molecule has 3 fully saturated rings. The molecule has 0 aromatic carbocycles. The molecule has 0 radical (unpaired) electrons. The Kier molecular flexibility index (Phi) is 5.11. The van der Waals surface area contributed by atoms with Crippen LogP contribution in [0.3, 0.4) is 0 Å². The summed E-state index contributed by atoms with van der Waals surface area (Å²) in [4.78, 5) is 0. The van der Waals surface area contributed by atoms with Crippen molar-refractivity contribution < 1.29 is 8.85 Å². The molecular weight excluding hydrogens is 328 g/mol. The van der Waals surface area contributed by atoms with E-state index in [1.54, 1.807) is 0 Å². The molecule has 0 atom stereocenters. The fraction of sp³-hybridized carbons (Fsp3) is 1.00. The van der Waals surface area contributed by atoms with E-state index in [2.05, 4.69) is 67.7 Å². The molecule has 142 valence electrons. The lowest BCUT2D eigenvalue weighted by molar-refractivity contribution is -0.122. The van der Waals surface area contributed by atoms with Crippen LogP contribution in [0.25, 0.3) is 0 Å². The maximum atomic E-state index is 6.95. The van der Waals surface area contributed by atoms with Crippen LogP contribution in [0.4, 0.5) is 0 Å². The molecule has 0 saturated heterocycles. The van der Waals surface area contributed by atoms with Gasteiger partial charge in [0.25, 0.3) is 0 Å². The zero-order valence-electron chi connectivity index (χ0n) is 18.1. The van der Waals surface area contributed by atoms with Gasteiger partial charge in [-0.15, -0.1) is 0 Å². The second kappa shape index (κ2) is 5.93. The largest absolute Gasteiger partial charge is 0.411 e. The highest BCUT2D eigenvalue weighted by Gasteiger charge is 2.55. The Labute approximate surface area is 153 Å². The lowest BCUT2D eigenvalue weighted by atomic mass is 9.65. The molecule has 0 unspecified atom stereocenters. The molecule has 4 heteroatoms. The van der Waals surface area contributed by atoms with Crippen LogP contribution in [0.1, 0.15) is 80.1 Å². The van der Waals surface area contributed by atoms with Crippen molar-refractivity contribution in [3.8, 4) is 0 Å². The van der Waals surface area contributed by atoms with Crippen LogP contribution in [0, 0.1) is 0 Å². The predicted molar refractivity (Wildman–Crippen MR) is 110 cm³/mol. The van der Waals surface area contributed by atoms with Gasteiger partial charge in [-0.25, -0.2) is 0 Å². The van der Waals surface area contributed by atoms with Crippen LogP contribution in [0.15, 0.2) is 0 Å². The van der Waals surface area contributed by atoms with E-state index in [0.717, 1.165) is 0 Å². The molecule has 0 amide bonds. The predicted octanol–water partition coefficient (Wildman–Crippen LogP) is 6.88. The van der Waals surface area contributed by atoms with Gasteiger partial charge in [0.2, 0.25) is 0 Å². The van der Waals surface area contributed by atoms with Crippen molar-refractivity contribution in [1.29, 1.82) is 0 Å². The van der Waals surface area contributed by atoms with Crippen molar-refractivity contribution in [3.63, 3.8) is 0 Å². The van der Waals surface area contributed by atoms with Gasteiger partial charge in [0.15, 0.2) is 16.6 Å². The van der Waals surface area contributed by atoms with Gasteiger partial charge >= 0.3 is 0 Å². The summed E-state index contributed by atoms with van der Waals surface area (Å²) in [5, 5.41) is 0.594. The van der Waals surface area contributed by atoms with Crippen LogP contribution >= 0.6 is 0 Å². The second-order valence-corrected chi connectivity index (χ2v) is 21.0. The summed E-state index contributed by atoms with van der Waals surface area (Å²) < 4.78 is 13.9. The minimum atomic E-state index is -1.69. The average molecular weight is 371 g/mol. The van der Waals surface area contributed by atoms with Crippen molar-refractivity contribution in [3.05, 3.63) is 0 Å². The number of hydrogen-bond donors (Lipinski definition) is 0. The second-order valence-electron chi connectivity index (χ2n) is 11.6. The summed E-state index contributed by atoms with van der Waals surface area (Å²) >= 11 is 0. The minimum absolute atomic E-state index is 0.154. The maximum Gasteiger partial charge on any atom is 0.192 e. The average Bonchev–Trinajstić information content (AvgIpc) is 2.37. The first-order chi connectivity index (χ1) is 10.5. The zero-order valence-corrected chi connectivity index (χ0v) is 20.1. The van der Waals surface area contributed by atoms with Crippen molar-refractivity contribution in [2.24, 2.45) is 0 Å². The highest BCUT2D eigenvalue weighted by atomic mass is 28.4. The van der Waals surface area contributed by atoms with Crippen molar-refractivity contribution in [2.75, 3.05) is 0 Å². The van der Waals surface area contributed by atoms with Crippen molar-refractivity contribution >= 4 is 16.6 Å². The normalized spacial score (nSPS) is 32.2. The van der Waals surface area contributed by atoms with Crippen LogP contribution in [0.2, 0.25) is 36.3 Å². The van der Waals surface area contributed by atoms with E-state index in [1.165, 1.54) is 38.5 Å². The van der Waals surface area contributed by atoms with Gasteiger partial charge in [-0.1, -0.05) is 41.5 Å². The van der Waals surface area contributed by atoms with Crippen molar-refractivity contribution in [1.82, 2.24) is 0 Å². The summed E-state index contributed by atoms with van der Waals surface area (Å²) in [6, 6.07) is 0. The lowest BCUT2D eigenvalue weighted by Gasteiger charge is -2.58. The van der Waals surface area contributed by atoms with Gasteiger partial charge in [-0.05, 0) is 74.8 Å². The van der Waals surface area contributed by atoms with E-state index in [-0.39, 0.29) is 11.2 Å². The molecular formula is C20H42O2Si2. The van der Waals surface area contributed by atoms with Gasteiger partial charge < -0.3 is 8.85 Å². The molecule has 2 bridgehead atoms. The monoisotopic (exact) mass is 370 g/mol. The Balaban J connectivity index is 2.08. The molecule has 0 aliphatic heterocycles. The Bertz CT molecular complexity index is 400. The molecule has 0 aromatic heterocycles. The third kappa shape index (κ3) is 3.87. The van der Waals surface area contributed by atoms with E-state index in [4.69, 9.17) is 8.85 Å². The van der Waals surface area contributed by atoms with E-state index < -0.39 is 16.6 Å². The smallest absolute Gasteiger partial charge is 0.192 e. The summed E-state index contributed by atoms with van der Waals surface area (Å²) in [7, 11) is -3.39. The molecule has 2 nitrogen and oxygen atoms in total. The maximum absolute atomic E-state index is 6.95. The standard InChI is InChI=1S/C20H42O2Si2/c1-17(2,3)23(7,8)21-19-11-14-20(15-12-19,16-13-19)22-24(9,10)18(4,5)6/h11-16H2,1-10H3. The van der Waals surface area contributed by atoms with Crippen LogP contribution < -0.4 is 0 Å². The minimum Gasteiger partial charge on any atom is -0.411 e. The highest BCUT2D eigenvalue weighted by molar-refractivity contribution is 6.74. The van der Waals surface area contributed by atoms with E-state index in [0.29, 0.717) is 10.1 Å². The third-order valence-corrected chi connectivity index (χ3v) is 16.8. The quantitative estimate of drug-likeness (QED) is 0.502. The topological polar surface area (TPSA) is 18.5 Å². The first-order valence-corrected chi connectivity index (χ1v) is 15.8. The number of hydrogen-bond acceptors (Lipinski definition) is 2. The Morgan fingerprint density at radius 3 is 0.917 bits per heavy atom. The van der Waals surface area contributed by atoms with E-state index in [1.807, 2.05) is 0 Å². The van der Waals surface area contributed by atoms with E-state index in [9.17, 15) is 0 Å². The van der Waals surface area contributed by atoms with Gasteiger partial charge in [-0.3, -0.25) is 0 Å². The molecule has 0 spiro atoms. The number of rotatable bonds is 4. The lowest BCUT2D eigenvalue weighted by Crippen LogP contribution is -2.60. The fourth-order valence-electron chi connectivity index (χ4n) is 3.81. The Hall–Kier alpha value is 0.354. The fourth-order valence-corrected chi connectivity index (χ4v) is 7.20. The van der Waals surface area contributed by atoms with Crippen LogP contribution in [-0.4, -0.2) is 27.8 Å². The molecule has 0 N–H and O–H groups in total. The summed E-state index contributed by atoms with van der Waals surface area (Å²) in [6.45, 7) is 23.7. The molecule has 0 heterocycles. The van der Waals surface area contributed by atoms with Gasteiger partial charge in [0.05, 0.1) is 11.2 Å². The van der Waals surface area contributed by atoms with E-state index >= 15 is 0 Å². The number of fused-ring (bicyclic) bond motifs is 3. The van der Waals surface area contributed by atoms with Crippen molar-refractivity contribution in [2.45, 2.75) is 128 Å². The highest BCUT2D eigenvalue weighted by Crippen LogP contribution is 2.55. The van der Waals surface area contributed by atoms with Gasteiger partial charge in [0, 0.05) is 0 Å².